The number of rotatable bonds is 4. The largest absolute Gasteiger partial charge is 0.363 e. The van der Waals surface area contributed by atoms with Gasteiger partial charge in [0.2, 0.25) is 0 Å². The van der Waals surface area contributed by atoms with Gasteiger partial charge in [0.1, 0.15) is 5.65 Å². The van der Waals surface area contributed by atoms with Gasteiger partial charge in [0, 0.05) is 36.4 Å². The number of urea groups is 1. The van der Waals surface area contributed by atoms with E-state index in [2.05, 4.69) is 35.9 Å². The zero-order valence-corrected chi connectivity index (χ0v) is 16.6. The molecule has 8 nitrogen and oxygen atoms in total. The number of carbonyl (C=O) groups excluding carboxylic acids is 1. The molecule has 1 aliphatic rings. The highest BCUT2D eigenvalue weighted by atomic mass is 35.5. The molecular formula is C19H21ClFN7O. The van der Waals surface area contributed by atoms with Gasteiger partial charge in [-0.3, -0.25) is 0 Å². The van der Waals surface area contributed by atoms with Gasteiger partial charge in [0.25, 0.3) is 0 Å². The predicted molar refractivity (Wildman–Crippen MR) is 109 cm³/mol. The van der Waals surface area contributed by atoms with Crippen molar-refractivity contribution >= 4 is 34.5 Å². The van der Waals surface area contributed by atoms with E-state index in [-0.39, 0.29) is 23.9 Å². The molecule has 0 radical (unpaired) electrons. The summed E-state index contributed by atoms with van der Waals surface area (Å²) in [5.41, 5.74) is 1.33. The second-order valence-electron chi connectivity index (χ2n) is 7.01. The van der Waals surface area contributed by atoms with Crippen LogP contribution in [0.3, 0.4) is 0 Å². The molecule has 1 saturated carbocycles. The maximum atomic E-state index is 14.5. The monoisotopic (exact) mass is 417 g/mol. The molecular weight excluding hydrogens is 397 g/mol. The Hall–Kier alpha value is -2.94. The number of aromatic nitrogens is 4. The second kappa shape index (κ2) is 8.20. The fourth-order valence-corrected chi connectivity index (χ4v) is 3.81. The lowest BCUT2D eigenvalue weighted by molar-refractivity contribution is 0.232. The number of anilines is 1. The van der Waals surface area contributed by atoms with Crippen molar-refractivity contribution in [2.24, 2.45) is 0 Å². The summed E-state index contributed by atoms with van der Waals surface area (Å²) in [6.45, 7) is 0. The van der Waals surface area contributed by atoms with Crippen molar-refractivity contribution in [2.75, 3.05) is 12.4 Å². The summed E-state index contributed by atoms with van der Waals surface area (Å²) in [6.07, 6.45) is 8.04. The van der Waals surface area contributed by atoms with E-state index in [1.165, 1.54) is 0 Å². The number of pyridine rings is 1. The Morgan fingerprint density at radius 1 is 1.24 bits per heavy atom. The Morgan fingerprint density at radius 3 is 2.83 bits per heavy atom. The fourth-order valence-electron chi connectivity index (χ4n) is 3.65. The standard InChI is InChI=1S/C19H21ClFN7O/c1-22-19(29)27-15-5-3-2-4-14(15)26-18-13(21)9-25-17(28-18)12-8-24-16-11(12)6-10(20)7-23-16/h6-9,14-15H,2-5H2,1H3,(H,23,24)(H2,22,27,29)(H,25,26,28)/t14-,15-/m0/s1. The number of hydrogen-bond acceptors (Lipinski definition) is 5. The summed E-state index contributed by atoms with van der Waals surface area (Å²) in [7, 11) is 1.57. The lowest BCUT2D eigenvalue weighted by atomic mass is 9.90. The average molecular weight is 418 g/mol. The van der Waals surface area contributed by atoms with E-state index in [1.807, 2.05) is 0 Å². The molecule has 152 valence electrons. The summed E-state index contributed by atoms with van der Waals surface area (Å²) in [5, 5.41) is 9.90. The number of H-pyrrole nitrogens is 1. The highest BCUT2D eigenvalue weighted by molar-refractivity contribution is 6.31. The first-order valence-electron chi connectivity index (χ1n) is 9.45. The topological polar surface area (TPSA) is 108 Å². The molecule has 0 unspecified atom stereocenters. The predicted octanol–water partition coefficient (Wildman–Crippen LogP) is 3.46. The van der Waals surface area contributed by atoms with Crippen LogP contribution >= 0.6 is 11.6 Å². The van der Waals surface area contributed by atoms with Crippen LogP contribution in [0.25, 0.3) is 22.4 Å². The lowest BCUT2D eigenvalue weighted by Gasteiger charge is -2.33. The van der Waals surface area contributed by atoms with Crippen molar-refractivity contribution in [2.45, 2.75) is 37.8 Å². The Kier molecular flexibility index (Phi) is 5.48. The maximum absolute atomic E-state index is 14.5. The molecule has 3 aromatic rings. The van der Waals surface area contributed by atoms with Crippen molar-refractivity contribution in [3.8, 4) is 11.4 Å². The third-order valence-electron chi connectivity index (χ3n) is 5.11. The number of hydrogen-bond donors (Lipinski definition) is 4. The first-order chi connectivity index (χ1) is 14.0. The molecule has 0 aliphatic heterocycles. The van der Waals surface area contributed by atoms with Crippen LogP contribution < -0.4 is 16.0 Å². The highest BCUT2D eigenvalue weighted by Gasteiger charge is 2.27. The van der Waals surface area contributed by atoms with E-state index >= 15 is 0 Å². The molecule has 0 spiro atoms. The maximum Gasteiger partial charge on any atom is 0.314 e. The van der Waals surface area contributed by atoms with Gasteiger partial charge in [-0.2, -0.15) is 0 Å². The van der Waals surface area contributed by atoms with Crippen LogP contribution in [0.2, 0.25) is 5.02 Å². The second-order valence-corrected chi connectivity index (χ2v) is 7.44. The fraction of sp³-hybridized carbons (Fsp3) is 0.368. The van der Waals surface area contributed by atoms with E-state index in [9.17, 15) is 9.18 Å². The van der Waals surface area contributed by atoms with E-state index < -0.39 is 5.82 Å². The van der Waals surface area contributed by atoms with Crippen LogP contribution in [0.4, 0.5) is 15.0 Å². The smallest absolute Gasteiger partial charge is 0.314 e. The quantitative estimate of drug-likeness (QED) is 0.520. The minimum Gasteiger partial charge on any atom is -0.363 e. The molecule has 10 heteroatoms. The van der Waals surface area contributed by atoms with Crippen molar-refractivity contribution in [1.82, 2.24) is 30.6 Å². The van der Waals surface area contributed by atoms with Crippen LogP contribution in [0.5, 0.6) is 0 Å². The van der Waals surface area contributed by atoms with Crippen LogP contribution in [-0.4, -0.2) is 45.1 Å². The van der Waals surface area contributed by atoms with E-state index in [0.29, 0.717) is 22.1 Å². The SMILES string of the molecule is CNC(=O)N[C@H]1CCCC[C@@H]1Nc1nc(-c2c[nH]c3ncc(Cl)cc23)ncc1F. The number of aromatic amines is 1. The first kappa shape index (κ1) is 19.4. The van der Waals surface area contributed by atoms with Gasteiger partial charge in [0.05, 0.1) is 17.3 Å². The van der Waals surface area contributed by atoms with Gasteiger partial charge in [-0.25, -0.2) is 24.1 Å². The Morgan fingerprint density at radius 2 is 2.03 bits per heavy atom. The third kappa shape index (κ3) is 4.09. The van der Waals surface area contributed by atoms with Gasteiger partial charge in [0.15, 0.2) is 17.5 Å². The summed E-state index contributed by atoms with van der Waals surface area (Å²) >= 11 is 6.06. The molecule has 1 fully saturated rings. The van der Waals surface area contributed by atoms with Crippen molar-refractivity contribution < 1.29 is 9.18 Å². The Balaban J connectivity index is 1.62. The summed E-state index contributed by atoms with van der Waals surface area (Å²) < 4.78 is 14.5. The summed E-state index contributed by atoms with van der Waals surface area (Å²) in [5.74, 6) is -0.0835. The van der Waals surface area contributed by atoms with Gasteiger partial charge in [-0.05, 0) is 18.9 Å². The molecule has 4 N–H and O–H groups in total. The first-order valence-corrected chi connectivity index (χ1v) is 9.83. The molecule has 0 bridgehead atoms. The van der Waals surface area contributed by atoms with Crippen molar-refractivity contribution in [3.05, 3.63) is 35.5 Å². The van der Waals surface area contributed by atoms with Crippen LogP contribution in [0.1, 0.15) is 25.7 Å². The minimum absolute atomic E-state index is 0.106. The number of halogens is 2. The van der Waals surface area contributed by atoms with Gasteiger partial charge in [-0.15, -0.1) is 0 Å². The number of fused-ring (bicyclic) bond motifs is 1. The van der Waals surface area contributed by atoms with E-state index in [4.69, 9.17) is 11.6 Å². The van der Waals surface area contributed by atoms with E-state index in [0.717, 1.165) is 37.3 Å². The summed E-state index contributed by atoms with van der Waals surface area (Å²) in [6, 6.07) is 1.27. The zero-order chi connectivity index (χ0) is 20.4. The van der Waals surface area contributed by atoms with Gasteiger partial charge >= 0.3 is 6.03 Å². The molecule has 2 amide bonds. The number of nitrogens with zero attached hydrogens (tertiary/aromatic N) is 3. The Bertz CT molecular complexity index is 1040. The molecule has 1 aliphatic carbocycles. The highest BCUT2D eigenvalue weighted by Crippen LogP contribution is 2.29. The molecule has 3 aromatic heterocycles. The van der Waals surface area contributed by atoms with Gasteiger partial charge in [-0.1, -0.05) is 24.4 Å². The zero-order valence-electron chi connectivity index (χ0n) is 15.8. The number of carbonyl (C=O) groups is 1. The lowest BCUT2D eigenvalue weighted by Crippen LogP contribution is -2.51. The third-order valence-corrected chi connectivity index (χ3v) is 5.32. The minimum atomic E-state index is -0.547. The number of amides is 2. The molecule has 0 aromatic carbocycles. The van der Waals surface area contributed by atoms with E-state index in [1.54, 1.807) is 25.5 Å². The molecule has 0 saturated heterocycles. The average Bonchev–Trinajstić information content (AvgIpc) is 3.14. The number of nitrogens with one attached hydrogen (secondary N) is 4. The van der Waals surface area contributed by atoms with Crippen LogP contribution in [-0.2, 0) is 0 Å². The van der Waals surface area contributed by atoms with Crippen LogP contribution in [0.15, 0.2) is 24.7 Å². The normalized spacial score (nSPS) is 19.1. The van der Waals surface area contributed by atoms with Crippen molar-refractivity contribution in [3.63, 3.8) is 0 Å². The molecule has 2 atom stereocenters. The molecule has 29 heavy (non-hydrogen) atoms. The van der Waals surface area contributed by atoms with Crippen LogP contribution in [0, 0.1) is 5.82 Å². The molecule has 3 heterocycles. The Labute approximate surface area is 171 Å². The van der Waals surface area contributed by atoms with Gasteiger partial charge < -0.3 is 20.9 Å². The summed E-state index contributed by atoms with van der Waals surface area (Å²) in [4.78, 5) is 27.6. The van der Waals surface area contributed by atoms with Crippen molar-refractivity contribution in [1.29, 1.82) is 0 Å². The molecule has 4 rings (SSSR count).